The SMILES string of the molecule is [F][Sb-]([F])([F])([F])([F])[F].[H+].[La]. The van der Waals surface area contributed by atoms with E-state index in [2.05, 4.69) is 0 Å². The summed E-state index contributed by atoms with van der Waals surface area (Å²) in [5.74, 6) is 0. The van der Waals surface area contributed by atoms with Crippen molar-refractivity contribution in [2.75, 3.05) is 0 Å². The second-order valence-electron chi connectivity index (χ2n) is 0.958. The first-order valence-corrected chi connectivity index (χ1v) is 6.80. The topological polar surface area (TPSA) is 0 Å². The first kappa shape index (κ1) is 12.3. The van der Waals surface area contributed by atoms with Gasteiger partial charge in [-0.2, -0.15) is 0 Å². The molecule has 0 amide bonds. The van der Waals surface area contributed by atoms with Crippen molar-refractivity contribution >= 4 is 19.5 Å². The molecule has 0 saturated heterocycles. The average molecular weight is 376 g/mol. The molecule has 0 unspecified atom stereocenters. The molecule has 8 heavy (non-hydrogen) atoms. The van der Waals surface area contributed by atoms with Crippen LogP contribution in [0.5, 0.6) is 0 Å². The molecule has 0 saturated carbocycles. The molecule has 0 bridgehead atoms. The second-order valence-corrected chi connectivity index (χ2v) is 6.43. The fourth-order valence-corrected chi connectivity index (χ4v) is 0. The van der Waals surface area contributed by atoms with Crippen LogP contribution in [0.3, 0.4) is 0 Å². The van der Waals surface area contributed by atoms with E-state index in [4.69, 9.17) is 0 Å². The van der Waals surface area contributed by atoms with E-state index in [1.165, 1.54) is 0 Å². The Bertz CT molecular complexity index is 71.6. The van der Waals surface area contributed by atoms with E-state index in [0.29, 0.717) is 0 Å². The zero-order valence-corrected chi connectivity index (χ0v) is 9.47. The first-order valence-electron chi connectivity index (χ1n) is 1.01. The third-order valence-corrected chi connectivity index (χ3v) is 0. The van der Waals surface area contributed by atoms with Crippen LogP contribution < -0.4 is 0 Å². The summed E-state index contributed by atoms with van der Waals surface area (Å²) < 4.78 is 59.6. The Morgan fingerprint density at radius 1 is 0.750 bits per heavy atom. The van der Waals surface area contributed by atoms with Crippen LogP contribution in [-0.2, 0) is 0 Å². The minimum absolute atomic E-state index is 0. The van der Waals surface area contributed by atoms with Crippen LogP contribution in [0.15, 0.2) is 0 Å². The van der Waals surface area contributed by atoms with Crippen LogP contribution in [-0.4, -0.2) is 19.5 Å². The van der Waals surface area contributed by atoms with Gasteiger partial charge in [-0.05, 0) is 0 Å². The van der Waals surface area contributed by atoms with Crippen LogP contribution in [0.4, 0.5) is 16.9 Å². The zero-order chi connectivity index (χ0) is 6.41. The summed E-state index contributed by atoms with van der Waals surface area (Å²) in [4.78, 5) is 0. The van der Waals surface area contributed by atoms with Crippen molar-refractivity contribution in [3.05, 3.63) is 0 Å². The van der Waals surface area contributed by atoms with Crippen molar-refractivity contribution in [1.29, 1.82) is 0 Å². The Labute approximate surface area is 72.6 Å². The maximum atomic E-state index is 9.93. The summed E-state index contributed by atoms with van der Waals surface area (Å²) >= 11 is -11.2. The van der Waals surface area contributed by atoms with Gasteiger partial charge in [0.25, 0.3) is 0 Å². The zero-order valence-electron chi connectivity index (χ0n) is 4.29. The fraction of sp³-hybridized carbons (Fsp3) is 0. The number of halogens is 6. The second kappa shape index (κ2) is 1.80. The van der Waals surface area contributed by atoms with Gasteiger partial charge in [0.15, 0.2) is 0 Å². The van der Waals surface area contributed by atoms with Crippen LogP contribution in [0, 0.1) is 35.6 Å². The molecule has 0 fully saturated rings. The Hall–Kier alpha value is 1.59. The van der Waals surface area contributed by atoms with Crippen molar-refractivity contribution in [1.82, 2.24) is 0 Å². The smallest absolute Gasteiger partial charge is 0 e. The van der Waals surface area contributed by atoms with E-state index in [-0.39, 0.29) is 37.0 Å². The first-order chi connectivity index (χ1) is 2.45. The van der Waals surface area contributed by atoms with E-state index < -0.39 is 19.5 Å². The standard InChI is InChI=1S/6FH.La.Sb/h6*1H;;/q;;;;;;;+5/p-5. The summed E-state index contributed by atoms with van der Waals surface area (Å²) in [7, 11) is 0. The molecule has 0 spiro atoms. The molecule has 8 heteroatoms. The molecule has 1 radical (unpaired) electrons. The molecule has 0 rings (SSSR count). The van der Waals surface area contributed by atoms with E-state index in [1.54, 1.807) is 0 Å². The fourth-order valence-electron chi connectivity index (χ4n) is 0. The molecular formula is HF6LaSb. The van der Waals surface area contributed by atoms with Gasteiger partial charge in [0, 0.05) is 35.6 Å². The normalized spacial score (nSPS) is 20.2. The van der Waals surface area contributed by atoms with Crippen LogP contribution in [0.2, 0.25) is 0 Å². The van der Waals surface area contributed by atoms with Gasteiger partial charge in [-0.3, -0.25) is 0 Å². The summed E-state index contributed by atoms with van der Waals surface area (Å²) in [6.45, 7) is 0. The predicted octanol–water partition coefficient (Wildman–Crippen LogP) is 2.25. The molecule has 51 valence electrons. The van der Waals surface area contributed by atoms with Crippen LogP contribution in [0.25, 0.3) is 0 Å². The average Bonchev–Trinajstić information content (AvgIpc) is 0.592. The third kappa shape index (κ3) is 130. The van der Waals surface area contributed by atoms with Crippen LogP contribution >= 0.6 is 0 Å². The number of hydrogen-bond donors (Lipinski definition) is 0. The van der Waals surface area contributed by atoms with E-state index in [9.17, 15) is 16.9 Å². The van der Waals surface area contributed by atoms with Gasteiger partial charge in [0.2, 0.25) is 0 Å². The molecule has 0 atom stereocenters. The van der Waals surface area contributed by atoms with Gasteiger partial charge < -0.3 is 0 Å². The van der Waals surface area contributed by atoms with Gasteiger partial charge in [0.1, 0.15) is 0 Å². The molecule has 0 aliphatic heterocycles. The Balaban J connectivity index is -0.000000180. The molecule has 0 nitrogen and oxygen atoms in total. The molecule has 0 aliphatic rings. The molecule has 0 aromatic heterocycles. The Kier molecular flexibility index (Phi) is 2.76. The van der Waals surface area contributed by atoms with Crippen molar-refractivity contribution in [3.8, 4) is 0 Å². The molecule has 0 heterocycles. The maximum absolute atomic E-state index is 11.2. The molecule has 0 aliphatic carbocycles. The quantitative estimate of drug-likeness (QED) is 0.450. The van der Waals surface area contributed by atoms with Crippen molar-refractivity contribution in [2.24, 2.45) is 0 Å². The van der Waals surface area contributed by atoms with E-state index in [0.717, 1.165) is 0 Å². The van der Waals surface area contributed by atoms with Crippen molar-refractivity contribution < 1.29 is 53.9 Å². The monoisotopic (exact) mass is 375 g/mol. The molecule has 0 aromatic carbocycles. The summed E-state index contributed by atoms with van der Waals surface area (Å²) in [5.41, 5.74) is 0. The summed E-state index contributed by atoms with van der Waals surface area (Å²) in [6, 6.07) is 0. The van der Waals surface area contributed by atoms with Crippen molar-refractivity contribution in [2.45, 2.75) is 0 Å². The molecule has 0 N–H and O–H groups in total. The third-order valence-electron chi connectivity index (χ3n) is 0. The largest absolute Gasteiger partial charge is 1.00 e. The van der Waals surface area contributed by atoms with E-state index in [1.807, 2.05) is 0 Å². The molecular weight excluding hydrogens is 375 g/mol. The van der Waals surface area contributed by atoms with Gasteiger partial charge >= 0.3 is 37.8 Å². The predicted molar refractivity (Wildman–Crippen MR) is 13.5 cm³/mol. The minimum atomic E-state index is -11.2. The van der Waals surface area contributed by atoms with Gasteiger partial charge in [0.05, 0.1) is 0 Å². The summed E-state index contributed by atoms with van der Waals surface area (Å²) in [6.07, 6.45) is 0. The molecule has 0 aromatic rings. The number of hydrogen-bond acceptors (Lipinski definition) is 0. The Morgan fingerprint density at radius 3 is 0.750 bits per heavy atom. The van der Waals surface area contributed by atoms with Gasteiger partial charge in [-0.1, -0.05) is 0 Å². The van der Waals surface area contributed by atoms with Crippen LogP contribution in [0.1, 0.15) is 1.43 Å². The maximum Gasteiger partial charge on any atom is 1.00 e. The Morgan fingerprint density at radius 2 is 0.750 bits per heavy atom. The van der Waals surface area contributed by atoms with E-state index >= 15 is 0 Å². The number of rotatable bonds is 0. The minimum Gasteiger partial charge on any atom is 0 e. The van der Waals surface area contributed by atoms with Gasteiger partial charge in [-0.15, -0.1) is 0 Å². The van der Waals surface area contributed by atoms with Crippen molar-refractivity contribution in [3.63, 3.8) is 0 Å². The van der Waals surface area contributed by atoms with Gasteiger partial charge in [-0.25, -0.2) is 0 Å². The summed E-state index contributed by atoms with van der Waals surface area (Å²) in [5, 5.41) is 0.